The van der Waals surface area contributed by atoms with Crippen LogP contribution in [0.2, 0.25) is 0 Å². The summed E-state index contributed by atoms with van der Waals surface area (Å²) in [5, 5.41) is 4.05. The number of fused-ring (bicyclic) bond motifs is 1. The second-order valence-corrected chi connectivity index (χ2v) is 3.04. The van der Waals surface area contributed by atoms with E-state index in [2.05, 4.69) is 10.1 Å². The van der Waals surface area contributed by atoms with Crippen LogP contribution >= 0.6 is 0 Å². The Bertz CT molecular complexity index is 392. The summed E-state index contributed by atoms with van der Waals surface area (Å²) in [7, 11) is 0. The fraction of sp³-hybridized carbons (Fsp3) is 0.333. The molecule has 5 heteroatoms. The first kappa shape index (κ1) is 9.08. The second-order valence-electron chi connectivity index (χ2n) is 3.04. The van der Waals surface area contributed by atoms with Crippen molar-refractivity contribution in [3.05, 3.63) is 30.2 Å². The van der Waals surface area contributed by atoms with E-state index in [0.29, 0.717) is 24.3 Å². The smallest absolute Gasteiger partial charge is 0.155 e. The van der Waals surface area contributed by atoms with Crippen LogP contribution < -0.4 is 5.73 Å². The number of hydrogen-bond acceptors (Lipinski definition) is 3. The zero-order valence-electron chi connectivity index (χ0n) is 7.60. The summed E-state index contributed by atoms with van der Waals surface area (Å²) in [5.74, 6) is 0. The van der Waals surface area contributed by atoms with Crippen LogP contribution in [-0.2, 0) is 0 Å². The highest BCUT2D eigenvalue weighted by atomic mass is 19.1. The molecule has 2 aromatic rings. The number of aromatic nitrogens is 3. The van der Waals surface area contributed by atoms with Crippen LogP contribution in [-0.4, -0.2) is 21.1 Å². The van der Waals surface area contributed by atoms with Crippen molar-refractivity contribution in [2.24, 2.45) is 5.73 Å². The minimum Gasteiger partial charge on any atom is -0.330 e. The van der Waals surface area contributed by atoms with E-state index in [0.717, 1.165) is 0 Å². The predicted octanol–water partition coefficient (Wildman–Crippen LogP) is 1.09. The van der Waals surface area contributed by atoms with Crippen molar-refractivity contribution >= 4 is 5.65 Å². The van der Waals surface area contributed by atoms with Crippen molar-refractivity contribution in [3.63, 3.8) is 0 Å². The average molecular weight is 194 g/mol. The zero-order chi connectivity index (χ0) is 9.97. The standard InChI is InChI=1S/C9H11FN4/c10-7(2-3-11)8-6-9-12-4-1-5-14(9)13-8/h1,4-7H,2-3,11H2. The molecule has 0 aliphatic rings. The van der Waals surface area contributed by atoms with Gasteiger partial charge in [0.2, 0.25) is 0 Å². The Morgan fingerprint density at radius 1 is 1.57 bits per heavy atom. The van der Waals surface area contributed by atoms with Gasteiger partial charge in [-0.3, -0.25) is 0 Å². The van der Waals surface area contributed by atoms with Gasteiger partial charge in [0, 0.05) is 18.5 Å². The lowest BCUT2D eigenvalue weighted by Gasteiger charge is -2.00. The zero-order valence-corrected chi connectivity index (χ0v) is 7.60. The molecule has 0 aliphatic heterocycles. The first-order chi connectivity index (χ1) is 6.81. The maximum absolute atomic E-state index is 13.4. The number of halogens is 1. The third kappa shape index (κ3) is 1.58. The van der Waals surface area contributed by atoms with Gasteiger partial charge in [-0.25, -0.2) is 13.9 Å². The molecule has 74 valence electrons. The molecule has 14 heavy (non-hydrogen) atoms. The molecular formula is C9H11FN4. The van der Waals surface area contributed by atoms with Crippen LogP contribution in [0.25, 0.3) is 5.65 Å². The highest BCUT2D eigenvalue weighted by Crippen LogP contribution is 2.19. The Hall–Kier alpha value is -1.49. The summed E-state index contributed by atoms with van der Waals surface area (Å²) in [6.45, 7) is 0.322. The van der Waals surface area contributed by atoms with E-state index in [1.165, 1.54) is 0 Å². The van der Waals surface area contributed by atoms with Crippen molar-refractivity contribution in [3.8, 4) is 0 Å². The van der Waals surface area contributed by atoms with Gasteiger partial charge >= 0.3 is 0 Å². The summed E-state index contributed by atoms with van der Waals surface area (Å²) in [6, 6.07) is 3.39. The Morgan fingerprint density at radius 2 is 2.43 bits per heavy atom. The molecular weight excluding hydrogens is 183 g/mol. The van der Waals surface area contributed by atoms with E-state index in [1.54, 1.807) is 29.0 Å². The highest BCUT2D eigenvalue weighted by Gasteiger charge is 2.12. The summed E-state index contributed by atoms with van der Waals surface area (Å²) < 4.78 is 14.9. The van der Waals surface area contributed by atoms with Gasteiger partial charge in [-0.05, 0) is 19.0 Å². The molecule has 4 nitrogen and oxygen atoms in total. The molecule has 2 aromatic heterocycles. The lowest BCUT2D eigenvalue weighted by Crippen LogP contribution is -2.04. The minimum absolute atomic E-state index is 0.296. The van der Waals surface area contributed by atoms with Crippen LogP contribution in [0.4, 0.5) is 4.39 Å². The summed E-state index contributed by atoms with van der Waals surface area (Å²) in [6.07, 6.45) is 2.59. The molecule has 2 rings (SSSR count). The first-order valence-electron chi connectivity index (χ1n) is 4.45. The van der Waals surface area contributed by atoms with E-state index in [1.807, 2.05) is 0 Å². The van der Waals surface area contributed by atoms with E-state index >= 15 is 0 Å². The second kappa shape index (κ2) is 3.71. The monoisotopic (exact) mass is 194 g/mol. The van der Waals surface area contributed by atoms with Gasteiger partial charge in [0.1, 0.15) is 6.17 Å². The van der Waals surface area contributed by atoms with Crippen LogP contribution in [0.5, 0.6) is 0 Å². The summed E-state index contributed by atoms with van der Waals surface area (Å²) in [5.41, 5.74) is 6.32. The van der Waals surface area contributed by atoms with Gasteiger partial charge in [0.05, 0.1) is 5.69 Å². The molecule has 2 heterocycles. The quantitative estimate of drug-likeness (QED) is 0.795. The van der Waals surface area contributed by atoms with Gasteiger partial charge in [-0.15, -0.1) is 0 Å². The van der Waals surface area contributed by atoms with Crippen LogP contribution in [0.1, 0.15) is 18.3 Å². The molecule has 0 aromatic carbocycles. The largest absolute Gasteiger partial charge is 0.330 e. The third-order valence-corrected chi connectivity index (χ3v) is 2.00. The number of alkyl halides is 1. The van der Waals surface area contributed by atoms with E-state index in [4.69, 9.17) is 5.73 Å². The van der Waals surface area contributed by atoms with Gasteiger partial charge < -0.3 is 5.73 Å². The number of hydrogen-bond donors (Lipinski definition) is 1. The number of rotatable bonds is 3. The number of nitrogens with two attached hydrogens (primary N) is 1. The lowest BCUT2D eigenvalue weighted by atomic mass is 10.2. The predicted molar refractivity (Wildman–Crippen MR) is 50.5 cm³/mol. The average Bonchev–Trinajstić information content (AvgIpc) is 2.61. The molecule has 1 unspecified atom stereocenters. The molecule has 0 radical (unpaired) electrons. The Labute approximate surface area is 80.6 Å². The Morgan fingerprint density at radius 3 is 3.14 bits per heavy atom. The summed E-state index contributed by atoms with van der Waals surface area (Å²) >= 11 is 0. The van der Waals surface area contributed by atoms with E-state index in [-0.39, 0.29) is 0 Å². The molecule has 0 amide bonds. The molecule has 0 spiro atoms. The normalized spacial score (nSPS) is 13.3. The first-order valence-corrected chi connectivity index (χ1v) is 4.45. The van der Waals surface area contributed by atoms with E-state index in [9.17, 15) is 4.39 Å². The van der Waals surface area contributed by atoms with Crippen molar-refractivity contribution in [2.75, 3.05) is 6.54 Å². The molecule has 1 atom stereocenters. The maximum atomic E-state index is 13.4. The molecule has 0 bridgehead atoms. The van der Waals surface area contributed by atoms with Gasteiger partial charge in [-0.2, -0.15) is 5.10 Å². The van der Waals surface area contributed by atoms with Gasteiger partial charge in [-0.1, -0.05) is 0 Å². The van der Waals surface area contributed by atoms with Crippen LogP contribution in [0, 0.1) is 0 Å². The summed E-state index contributed by atoms with van der Waals surface area (Å²) in [4.78, 5) is 4.05. The highest BCUT2D eigenvalue weighted by molar-refractivity contribution is 5.38. The molecule has 0 aliphatic carbocycles. The Kier molecular flexibility index (Phi) is 2.41. The van der Waals surface area contributed by atoms with Crippen molar-refractivity contribution in [2.45, 2.75) is 12.6 Å². The van der Waals surface area contributed by atoms with Gasteiger partial charge in [0.25, 0.3) is 0 Å². The fourth-order valence-corrected chi connectivity index (χ4v) is 1.30. The lowest BCUT2D eigenvalue weighted by molar-refractivity contribution is 0.319. The maximum Gasteiger partial charge on any atom is 0.155 e. The minimum atomic E-state index is -1.10. The van der Waals surface area contributed by atoms with Crippen molar-refractivity contribution < 1.29 is 4.39 Å². The number of nitrogens with zero attached hydrogens (tertiary/aromatic N) is 3. The molecule has 0 saturated heterocycles. The van der Waals surface area contributed by atoms with Crippen LogP contribution in [0.15, 0.2) is 24.5 Å². The molecule has 0 fully saturated rings. The SMILES string of the molecule is NCCC(F)c1cc2ncccn2n1. The topological polar surface area (TPSA) is 56.2 Å². The molecule has 0 saturated carbocycles. The van der Waals surface area contributed by atoms with Crippen molar-refractivity contribution in [1.29, 1.82) is 0 Å². The van der Waals surface area contributed by atoms with Crippen molar-refractivity contribution in [1.82, 2.24) is 14.6 Å². The molecule has 2 N–H and O–H groups in total. The fourth-order valence-electron chi connectivity index (χ4n) is 1.30. The van der Waals surface area contributed by atoms with E-state index < -0.39 is 6.17 Å². The third-order valence-electron chi connectivity index (χ3n) is 2.00. The Balaban J connectivity index is 2.35. The van der Waals surface area contributed by atoms with Gasteiger partial charge in [0.15, 0.2) is 5.65 Å². The van der Waals surface area contributed by atoms with Crippen LogP contribution in [0.3, 0.4) is 0 Å².